The minimum Gasteiger partial charge on any atom is -0.497 e. The third kappa shape index (κ3) is 5.11. The second kappa shape index (κ2) is 8.76. The molecule has 0 radical (unpaired) electrons. The fourth-order valence-corrected chi connectivity index (χ4v) is 3.70. The van der Waals surface area contributed by atoms with Gasteiger partial charge in [0.15, 0.2) is 0 Å². The third-order valence-corrected chi connectivity index (χ3v) is 5.62. The van der Waals surface area contributed by atoms with Gasteiger partial charge in [-0.3, -0.25) is 10.1 Å². The molecule has 10 heteroatoms. The van der Waals surface area contributed by atoms with Gasteiger partial charge in [0.25, 0.3) is 10.0 Å². The predicted octanol–water partition coefficient (Wildman–Crippen LogP) is 3.27. The van der Waals surface area contributed by atoms with Crippen LogP contribution in [0.5, 0.6) is 17.2 Å². The van der Waals surface area contributed by atoms with Crippen LogP contribution in [0.15, 0.2) is 71.6 Å². The molecule has 5 N–H and O–H groups in total. The summed E-state index contributed by atoms with van der Waals surface area (Å²) in [5.74, 6) is -0.536. The molecule has 0 atom stereocenters. The molecule has 3 rings (SSSR count). The average molecular weight is 441 g/mol. The van der Waals surface area contributed by atoms with Gasteiger partial charge in [0.2, 0.25) is 0 Å². The van der Waals surface area contributed by atoms with Gasteiger partial charge in [0.05, 0.1) is 12.0 Å². The van der Waals surface area contributed by atoms with Crippen LogP contribution < -0.4 is 19.9 Å². The number of carboxylic acids is 1. The molecule has 160 valence electrons. The summed E-state index contributed by atoms with van der Waals surface area (Å²) in [6.07, 6.45) is 0. The molecular formula is C21H19N3O6S. The highest BCUT2D eigenvalue weighted by Gasteiger charge is 2.18. The first-order valence-corrected chi connectivity index (χ1v) is 10.3. The summed E-state index contributed by atoms with van der Waals surface area (Å²) in [5, 5.41) is 16.9. The highest BCUT2D eigenvalue weighted by atomic mass is 32.2. The summed E-state index contributed by atoms with van der Waals surface area (Å²) < 4.78 is 38.2. The summed E-state index contributed by atoms with van der Waals surface area (Å²) >= 11 is 0. The van der Waals surface area contributed by atoms with E-state index < -0.39 is 16.0 Å². The van der Waals surface area contributed by atoms with Crippen LogP contribution in [0.2, 0.25) is 0 Å². The number of methoxy groups -OCH3 is 1. The van der Waals surface area contributed by atoms with Crippen molar-refractivity contribution in [3.05, 3.63) is 77.9 Å². The molecule has 0 unspecified atom stereocenters. The van der Waals surface area contributed by atoms with E-state index in [4.69, 9.17) is 20.6 Å². The summed E-state index contributed by atoms with van der Waals surface area (Å²) in [7, 11) is -2.47. The average Bonchev–Trinajstić information content (AvgIpc) is 2.75. The first-order valence-electron chi connectivity index (χ1n) is 8.86. The molecular weight excluding hydrogens is 422 g/mol. The monoisotopic (exact) mass is 441 g/mol. The molecule has 0 saturated carbocycles. The van der Waals surface area contributed by atoms with E-state index in [1.165, 1.54) is 49.6 Å². The van der Waals surface area contributed by atoms with Crippen molar-refractivity contribution in [3.63, 3.8) is 0 Å². The number of carboxylic acid groups (broad SMARTS) is 1. The first-order chi connectivity index (χ1) is 14.7. The molecule has 0 spiro atoms. The van der Waals surface area contributed by atoms with E-state index in [-0.39, 0.29) is 27.7 Å². The van der Waals surface area contributed by atoms with E-state index >= 15 is 0 Å². The van der Waals surface area contributed by atoms with Crippen LogP contribution in [-0.2, 0) is 10.0 Å². The zero-order valence-electron chi connectivity index (χ0n) is 16.3. The number of anilines is 1. The summed E-state index contributed by atoms with van der Waals surface area (Å²) in [4.78, 5) is 11.7. The van der Waals surface area contributed by atoms with E-state index in [1.807, 2.05) is 0 Å². The van der Waals surface area contributed by atoms with Crippen LogP contribution in [0, 0.1) is 5.41 Å². The number of sulfonamides is 1. The number of ether oxygens (including phenoxy) is 2. The molecule has 0 fully saturated rings. The molecule has 0 aliphatic heterocycles. The zero-order chi connectivity index (χ0) is 22.6. The van der Waals surface area contributed by atoms with Gasteiger partial charge < -0.3 is 20.3 Å². The molecule has 31 heavy (non-hydrogen) atoms. The molecule has 3 aromatic rings. The predicted molar refractivity (Wildman–Crippen MR) is 115 cm³/mol. The van der Waals surface area contributed by atoms with Crippen LogP contribution in [0.25, 0.3) is 0 Å². The van der Waals surface area contributed by atoms with E-state index in [2.05, 4.69) is 4.72 Å². The lowest BCUT2D eigenvalue weighted by molar-refractivity contribution is 0.0694. The number of nitrogens with one attached hydrogen (secondary N) is 2. The molecule has 0 bridgehead atoms. The number of rotatable bonds is 8. The Morgan fingerprint density at radius 3 is 2.16 bits per heavy atom. The molecule has 0 aliphatic carbocycles. The largest absolute Gasteiger partial charge is 0.497 e. The standard InChI is InChI=1S/C21H19N3O6S/c1-29-15-7-9-17(10-8-15)31(27,28)24-14-4-11-19(18(12-14)21(25)26)30-16-5-2-13(3-6-16)20(22)23/h2-12,24H,1H3,(H3,22,23)(H,25,26). The number of benzene rings is 3. The molecule has 0 amide bonds. The Morgan fingerprint density at radius 2 is 1.61 bits per heavy atom. The molecule has 0 heterocycles. The second-order valence-corrected chi connectivity index (χ2v) is 8.02. The smallest absolute Gasteiger partial charge is 0.339 e. The Balaban J connectivity index is 1.85. The maximum atomic E-state index is 12.6. The molecule has 9 nitrogen and oxygen atoms in total. The van der Waals surface area contributed by atoms with E-state index in [9.17, 15) is 18.3 Å². The highest BCUT2D eigenvalue weighted by Crippen LogP contribution is 2.29. The fraction of sp³-hybridized carbons (Fsp3) is 0.0476. The fourth-order valence-electron chi connectivity index (χ4n) is 2.65. The van der Waals surface area contributed by atoms with Crippen molar-refractivity contribution in [2.24, 2.45) is 5.73 Å². The van der Waals surface area contributed by atoms with E-state index in [0.717, 1.165) is 0 Å². The van der Waals surface area contributed by atoms with Gasteiger partial charge in [-0.05, 0) is 66.7 Å². The van der Waals surface area contributed by atoms with Gasteiger partial charge in [-0.2, -0.15) is 0 Å². The lowest BCUT2D eigenvalue weighted by Crippen LogP contribution is -2.13. The van der Waals surface area contributed by atoms with Gasteiger partial charge in [-0.1, -0.05) is 0 Å². The van der Waals surface area contributed by atoms with Gasteiger partial charge in [-0.25, -0.2) is 13.2 Å². The number of hydrogen-bond acceptors (Lipinski definition) is 6. The number of hydrogen-bond donors (Lipinski definition) is 4. The van der Waals surface area contributed by atoms with Gasteiger partial charge in [0, 0.05) is 11.3 Å². The summed E-state index contributed by atoms with van der Waals surface area (Å²) in [6, 6.07) is 15.9. The van der Waals surface area contributed by atoms with Crippen molar-refractivity contribution in [2.45, 2.75) is 4.90 Å². The minimum atomic E-state index is -3.94. The van der Waals surface area contributed by atoms with E-state index in [1.54, 1.807) is 24.3 Å². The second-order valence-electron chi connectivity index (χ2n) is 6.34. The molecule has 3 aromatic carbocycles. The maximum Gasteiger partial charge on any atom is 0.339 e. The van der Waals surface area contributed by atoms with Gasteiger partial charge in [-0.15, -0.1) is 0 Å². The van der Waals surface area contributed by atoms with Crippen LogP contribution >= 0.6 is 0 Å². The van der Waals surface area contributed by atoms with Crippen molar-refractivity contribution < 1.29 is 27.8 Å². The summed E-state index contributed by atoms with van der Waals surface area (Å²) in [5.41, 5.74) is 5.73. The lowest BCUT2D eigenvalue weighted by atomic mass is 10.1. The SMILES string of the molecule is COc1ccc(S(=O)(=O)Nc2ccc(Oc3ccc(C(=N)N)cc3)c(C(=O)O)c2)cc1. The minimum absolute atomic E-state index is 0.00365. The number of nitrogen functional groups attached to an aromatic ring is 1. The summed E-state index contributed by atoms with van der Waals surface area (Å²) in [6.45, 7) is 0. The number of carbonyl (C=O) groups is 1. The number of amidine groups is 1. The van der Waals surface area contributed by atoms with Gasteiger partial charge >= 0.3 is 5.97 Å². The van der Waals surface area contributed by atoms with Crippen molar-refractivity contribution in [2.75, 3.05) is 11.8 Å². The lowest BCUT2D eigenvalue weighted by Gasteiger charge is -2.13. The van der Waals surface area contributed by atoms with Crippen LogP contribution in [-0.4, -0.2) is 32.4 Å². The van der Waals surface area contributed by atoms with Crippen molar-refractivity contribution in [1.29, 1.82) is 5.41 Å². The first kappa shape index (κ1) is 21.7. The quantitative estimate of drug-likeness (QED) is 0.309. The van der Waals surface area contributed by atoms with E-state index in [0.29, 0.717) is 17.1 Å². The zero-order valence-corrected chi connectivity index (χ0v) is 17.1. The number of aromatic carboxylic acids is 1. The molecule has 0 saturated heterocycles. The van der Waals surface area contributed by atoms with Crippen LogP contribution in [0.4, 0.5) is 5.69 Å². The normalized spacial score (nSPS) is 10.9. The van der Waals surface area contributed by atoms with Gasteiger partial charge in [0.1, 0.15) is 28.6 Å². The Hall–Kier alpha value is -4.05. The third-order valence-electron chi connectivity index (χ3n) is 4.23. The Labute approximate surface area is 178 Å². The van der Waals surface area contributed by atoms with Crippen molar-refractivity contribution >= 4 is 27.5 Å². The Kier molecular flexibility index (Phi) is 6.12. The number of nitrogens with two attached hydrogens (primary N) is 1. The van der Waals surface area contributed by atoms with Crippen molar-refractivity contribution in [3.8, 4) is 17.2 Å². The Morgan fingerprint density at radius 1 is 1.00 bits per heavy atom. The van der Waals surface area contributed by atoms with Crippen LogP contribution in [0.3, 0.4) is 0 Å². The van der Waals surface area contributed by atoms with Crippen molar-refractivity contribution in [1.82, 2.24) is 0 Å². The molecule has 0 aliphatic rings. The Bertz CT molecular complexity index is 1220. The topological polar surface area (TPSA) is 152 Å². The maximum absolute atomic E-state index is 12.6. The van der Waals surface area contributed by atoms with Crippen LogP contribution in [0.1, 0.15) is 15.9 Å². The molecule has 0 aromatic heterocycles. The highest BCUT2D eigenvalue weighted by molar-refractivity contribution is 7.92.